The Morgan fingerprint density at radius 1 is 1.17 bits per heavy atom. The molecule has 3 nitrogen and oxygen atoms in total. The zero-order valence-electron chi connectivity index (χ0n) is 12.2. The van der Waals surface area contributed by atoms with Crippen LogP contribution < -0.4 is 5.32 Å². The lowest BCUT2D eigenvalue weighted by molar-refractivity contribution is -0.115. The van der Waals surface area contributed by atoms with Gasteiger partial charge < -0.3 is 10.3 Å². The first-order chi connectivity index (χ1) is 10.9. The summed E-state index contributed by atoms with van der Waals surface area (Å²) < 4.78 is 13.5. The zero-order valence-corrected chi connectivity index (χ0v) is 13.7. The molecule has 1 amide bonds. The van der Waals surface area contributed by atoms with Crippen molar-refractivity contribution in [2.75, 3.05) is 5.32 Å². The van der Waals surface area contributed by atoms with Gasteiger partial charge in [-0.1, -0.05) is 23.2 Å². The molecule has 0 saturated carbocycles. The Kier molecular flexibility index (Phi) is 4.28. The summed E-state index contributed by atoms with van der Waals surface area (Å²) in [6.07, 6.45) is 0.134. The number of rotatable bonds is 3. The van der Waals surface area contributed by atoms with Crippen LogP contribution in [0.1, 0.15) is 11.3 Å². The number of hydrogen-bond acceptors (Lipinski definition) is 1. The van der Waals surface area contributed by atoms with Crippen molar-refractivity contribution in [3.05, 3.63) is 63.5 Å². The molecule has 0 aliphatic rings. The number of fused-ring (bicyclic) bond motifs is 1. The predicted octanol–water partition coefficient (Wildman–Crippen LogP) is 5.10. The first-order valence-electron chi connectivity index (χ1n) is 6.95. The van der Waals surface area contributed by atoms with E-state index in [9.17, 15) is 9.18 Å². The highest BCUT2D eigenvalue weighted by Gasteiger charge is 2.13. The summed E-state index contributed by atoms with van der Waals surface area (Å²) in [5.41, 5.74) is 2.99. The van der Waals surface area contributed by atoms with Gasteiger partial charge >= 0.3 is 0 Å². The Balaban J connectivity index is 1.84. The number of carbonyl (C=O) groups is 1. The first kappa shape index (κ1) is 15.8. The van der Waals surface area contributed by atoms with Gasteiger partial charge in [-0.05, 0) is 48.9 Å². The second-order valence-corrected chi connectivity index (χ2v) is 6.09. The molecule has 0 atom stereocenters. The van der Waals surface area contributed by atoms with Gasteiger partial charge in [-0.3, -0.25) is 4.79 Å². The summed E-state index contributed by atoms with van der Waals surface area (Å²) in [6.45, 7) is 1.86. The largest absolute Gasteiger partial charge is 0.358 e. The van der Waals surface area contributed by atoms with E-state index in [1.807, 2.05) is 6.92 Å². The van der Waals surface area contributed by atoms with Gasteiger partial charge in [0.05, 0.1) is 16.5 Å². The summed E-state index contributed by atoms with van der Waals surface area (Å²) in [6, 6.07) is 9.36. The molecule has 3 aromatic rings. The van der Waals surface area contributed by atoms with E-state index >= 15 is 0 Å². The third kappa shape index (κ3) is 3.33. The maximum atomic E-state index is 13.5. The van der Waals surface area contributed by atoms with Crippen molar-refractivity contribution < 1.29 is 9.18 Å². The van der Waals surface area contributed by atoms with E-state index in [1.54, 1.807) is 24.3 Å². The van der Waals surface area contributed by atoms with Gasteiger partial charge in [0.2, 0.25) is 5.91 Å². The fourth-order valence-corrected chi connectivity index (χ4v) is 2.82. The molecule has 0 unspecified atom stereocenters. The van der Waals surface area contributed by atoms with Crippen LogP contribution in [0.25, 0.3) is 10.9 Å². The van der Waals surface area contributed by atoms with E-state index in [2.05, 4.69) is 10.3 Å². The number of hydrogen-bond donors (Lipinski definition) is 2. The number of carbonyl (C=O) groups excluding carboxylic acids is 1. The van der Waals surface area contributed by atoms with Gasteiger partial charge in [-0.2, -0.15) is 0 Å². The molecular weight excluding hydrogens is 338 g/mol. The van der Waals surface area contributed by atoms with Crippen LogP contribution in [0.15, 0.2) is 36.4 Å². The van der Waals surface area contributed by atoms with E-state index in [0.29, 0.717) is 21.1 Å². The van der Waals surface area contributed by atoms with Crippen LogP contribution in [0, 0.1) is 12.7 Å². The number of aromatic amines is 1. The van der Waals surface area contributed by atoms with Crippen molar-refractivity contribution in [1.82, 2.24) is 4.98 Å². The van der Waals surface area contributed by atoms with Gasteiger partial charge in [-0.25, -0.2) is 4.39 Å². The number of anilines is 1. The summed E-state index contributed by atoms with van der Waals surface area (Å²) in [4.78, 5) is 15.4. The summed E-state index contributed by atoms with van der Waals surface area (Å²) >= 11 is 11.8. The summed E-state index contributed by atoms with van der Waals surface area (Å²) in [5.74, 6) is -0.542. The van der Waals surface area contributed by atoms with Crippen molar-refractivity contribution in [3.63, 3.8) is 0 Å². The minimum atomic E-state index is -0.331. The van der Waals surface area contributed by atoms with Gasteiger partial charge in [0.1, 0.15) is 5.82 Å². The van der Waals surface area contributed by atoms with Crippen molar-refractivity contribution in [2.45, 2.75) is 13.3 Å². The number of aromatic nitrogens is 1. The SMILES string of the molecule is Cc1[nH]c2ccc(F)cc2c1CC(=O)Nc1ccc(Cl)c(Cl)c1. The number of amides is 1. The molecule has 2 N–H and O–H groups in total. The van der Waals surface area contributed by atoms with E-state index in [1.165, 1.54) is 12.1 Å². The Bertz CT molecular complexity index is 905. The van der Waals surface area contributed by atoms with Gasteiger partial charge in [-0.15, -0.1) is 0 Å². The molecule has 0 aliphatic carbocycles. The standard InChI is InChI=1S/C17H13Cl2FN2O/c1-9-12(13-6-10(20)2-5-16(13)21-9)8-17(23)22-11-3-4-14(18)15(19)7-11/h2-7,21H,8H2,1H3,(H,22,23). The molecule has 1 aromatic heterocycles. The highest BCUT2D eigenvalue weighted by Crippen LogP contribution is 2.26. The topological polar surface area (TPSA) is 44.9 Å². The van der Waals surface area contributed by atoms with E-state index in [-0.39, 0.29) is 18.1 Å². The highest BCUT2D eigenvalue weighted by atomic mass is 35.5. The highest BCUT2D eigenvalue weighted by molar-refractivity contribution is 6.42. The molecule has 0 fully saturated rings. The fraction of sp³-hybridized carbons (Fsp3) is 0.118. The predicted molar refractivity (Wildman–Crippen MR) is 91.8 cm³/mol. The van der Waals surface area contributed by atoms with Crippen LogP contribution in [-0.4, -0.2) is 10.9 Å². The van der Waals surface area contributed by atoms with E-state index in [0.717, 1.165) is 16.8 Å². The van der Waals surface area contributed by atoms with E-state index in [4.69, 9.17) is 23.2 Å². The molecule has 0 radical (unpaired) electrons. The third-order valence-corrected chi connectivity index (χ3v) is 4.36. The van der Waals surface area contributed by atoms with Gasteiger partial charge in [0.25, 0.3) is 0 Å². The third-order valence-electron chi connectivity index (χ3n) is 3.62. The van der Waals surface area contributed by atoms with Crippen molar-refractivity contribution in [3.8, 4) is 0 Å². The monoisotopic (exact) mass is 350 g/mol. The maximum Gasteiger partial charge on any atom is 0.228 e. The number of H-pyrrole nitrogens is 1. The lowest BCUT2D eigenvalue weighted by Crippen LogP contribution is -2.14. The normalized spacial score (nSPS) is 11.0. The van der Waals surface area contributed by atoms with Crippen LogP contribution in [0.5, 0.6) is 0 Å². The molecule has 0 bridgehead atoms. The average Bonchev–Trinajstić information content (AvgIpc) is 2.79. The Morgan fingerprint density at radius 2 is 1.96 bits per heavy atom. The van der Waals surface area contributed by atoms with Gasteiger partial charge in [0, 0.05) is 22.3 Å². The van der Waals surface area contributed by atoms with Crippen LogP contribution in [0.4, 0.5) is 10.1 Å². The van der Waals surface area contributed by atoms with Crippen molar-refractivity contribution in [2.24, 2.45) is 0 Å². The second kappa shape index (κ2) is 6.22. The molecular formula is C17H13Cl2FN2O. The minimum absolute atomic E-state index is 0.134. The van der Waals surface area contributed by atoms with Gasteiger partial charge in [0.15, 0.2) is 0 Å². The zero-order chi connectivity index (χ0) is 16.6. The summed E-state index contributed by atoms with van der Waals surface area (Å²) in [5, 5.41) is 4.27. The molecule has 3 rings (SSSR count). The number of aryl methyl sites for hydroxylation is 1. The molecule has 1 heterocycles. The van der Waals surface area contributed by atoms with Crippen LogP contribution in [0.3, 0.4) is 0 Å². The minimum Gasteiger partial charge on any atom is -0.358 e. The molecule has 0 aliphatic heterocycles. The fourth-order valence-electron chi connectivity index (χ4n) is 2.52. The summed E-state index contributed by atoms with van der Waals surface area (Å²) in [7, 11) is 0. The van der Waals surface area contributed by atoms with Crippen molar-refractivity contribution >= 4 is 45.7 Å². The second-order valence-electron chi connectivity index (χ2n) is 5.27. The smallest absolute Gasteiger partial charge is 0.228 e. The quantitative estimate of drug-likeness (QED) is 0.677. The molecule has 0 spiro atoms. The molecule has 118 valence electrons. The lowest BCUT2D eigenvalue weighted by atomic mass is 10.1. The van der Waals surface area contributed by atoms with Crippen LogP contribution in [0.2, 0.25) is 10.0 Å². The Hall–Kier alpha value is -2.04. The lowest BCUT2D eigenvalue weighted by Gasteiger charge is -2.07. The Morgan fingerprint density at radius 3 is 2.70 bits per heavy atom. The molecule has 6 heteroatoms. The average molecular weight is 351 g/mol. The molecule has 2 aromatic carbocycles. The van der Waals surface area contributed by atoms with E-state index < -0.39 is 0 Å². The molecule has 23 heavy (non-hydrogen) atoms. The maximum absolute atomic E-state index is 13.5. The van der Waals surface area contributed by atoms with Crippen molar-refractivity contribution in [1.29, 1.82) is 0 Å². The van der Waals surface area contributed by atoms with Crippen LogP contribution in [-0.2, 0) is 11.2 Å². The Labute approximate surface area is 142 Å². The number of nitrogens with one attached hydrogen (secondary N) is 2. The first-order valence-corrected chi connectivity index (χ1v) is 7.71. The molecule has 0 saturated heterocycles. The number of benzene rings is 2. The number of halogens is 3. The van der Waals surface area contributed by atoms with Crippen LogP contribution >= 0.6 is 23.2 Å².